The van der Waals surface area contributed by atoms with Crippen LogP contribution in [0.2, 0.25) is 0 Å². The fourth-order valence-corrected chi connectivity index (χ4v) is 1.73. The smallest absolute Gasteiger partial charge is 0.337 e. The molecule has 1 heterocycles. The van der Waals surface area contributed by atoms with Crippen LogP contribution in [0.25, 0.3) is 0 Å². The molecule has 2 rings (SSSR count). The molecule has 1 aromatic heterocycles. The van der Waals surface area contributed by atoms with Gasteiger partial charge in [-0.2, -0.15) is 0 Å². The van der Waals surface area contributed by atoms with Crippen molar-refractivity contribution < 1.29 is 14.7 Å². The van der Waals surface area contributed by atoms with Crippen LogP contribution < -0.4 is 10.2 Å². The maximum Gasteiger partial charge on any atom is 0.337 e. The van der Waals surface area contributed by atoms with Crippen LogP contribution in [0.1, 0.15) is 16.2 Å². The molecule has 0 aliphatic rings. The molecule has 0 saturated carbocycles. The number of urea groups is 1. The van der Waals surface area contributed by atoms with Crippen LogP contribution in [0.4, 0.5) is 10.5 Å². The number of hydrogen-bond donors (Lipinski definition) is 3. The number of aromatic nitrogens is 2. The number of rotatable bonds is 4. The maximum atomic E-state index is 12.0. The molecule has 1 aromatic carbocycles. The number of amides is 2. The minimum absolute atomic E-state index is 0.0724. The van der Waals surface area contributed by atoms with Crippen LogP contribution in [0.5, 0.6) is 0 Å². The van der Waals surface area contributed by atoms with Crippen LogP contribution in [0.15, 0.2) is 36.7 Å². The zero-order chi connectivity index (χ0) is 14.5. The average molecular weight is 274 g/mol. The Morgan fingerprint density at radius 2 is 2.15 bits per heavy atom. The molecule has 0 radical (unpaired) electrons. The third-order valence-corrected chi connectivity index (χ3v) is 2.76. The van der Waals surface area contributed by atoms with Crippen molar-refractivity contribution in [3.63, 3.8) is 0 Å². The number of imidazole rings is 1. The lowest BCUT2D eigenvalue weighted by Gasteiger charge is -2.19. The highest BCUT2D eigenvalue weighted by atomic mass is 16.4. The first-order chi connectivity index (χ1) is 9.59. The molecule has 3 N–H and O–H groups in total. The number of aromatic amines is 1. The van der Waals surface area contributed by atoms with Gasteiger partial charge in [0, 0.05) is 19.4 Å². The summed E-state index contributed by atoms with van der Waals surface area (Å²) in [6, 6.07) is 5.92. The van der Waals surface area contributed by atoms with E-state index in [2.05, 4.69) is 15.3 Å². The van der Waals surface area contributed by atoms with Crippen LogP contribution in [0.3, 0.4) is 0 Å². The number of benzene rings is 1. The largest absolute Gasteiger partial charge is 0.478 e. The van der Waals surface area contributed by atoms with Crippen molar-refractivity contribution in [3.05, 3.63) is 48.0 Å². The van der Waals surface area contributed by atoms with Crippen LogP contribution in [0, 0.1) is 0 Å². The molecule has 0 saturated heterocycles. The second-order valence-electron chi connectivity index (χ2n) is 4.08. The summed E-state index contributed by atoms with van der Waals surface area (Å²) in [5.74, 6) is -0.454. The average Bonchev–Trinajstić information content (AvgIpc) is 2.97. The van der Waals surface area contributed by atoms with Gasteiger partial charge in [-0.25, -0.2) is 14.6 Å². The first-order valence-electron chi connectivity index (χ1n) is 5.91. The highest BCUT2D eigenvalue weighted by molar-refractivity contribution is 6.01. The monoisotopic (exact) mass is 274 g/mol. The van der Waals surface area contributed by atoms with E-state index in [-0.39, 0.29) is 12.1 Å². The second-order valence-corrected chi connectivity index (χ2v) is 4.08. The number of nitrogens with zero attached hydrogens (tertiary/aromatic N) is 2. The van der Waals surface area contributed by atoms with E-state index < -0.39 is 12.0 Å². The fourth-order valence-electron chi connectivity index (χ4n) is 1.73. The molecular formula is C13H14N4O3. The summed E-state index contributed by atoms with van der Waals surface area (Å²) < 4.78 is 0. The third kappa shape index (κ3) is 2.94. The number of para-hydroxylation sites is 1. The number of H-pyrrole nitrogens is 1. The molecule has 104 valence electrons. The molecule has 0 fully saturated rings. The highest BCUT2D eigenvalue weighted by Gasteiger charge is 2.17. The lowest BCUT2D eigenvalue weighted by atomic mass is 10.1. The zero-order valence-corrected chi connectivity index (χ0v) is 10.8. The van der Waals surface area contributed by atoms with Gasteiger partial charge < -0.3 is 15.4 Å². The highest BCUT2D eigenvalue weighted by Crippen LogP contribution is 2.19. The van der Waals surface area contributed by atoms with E-state index >= 15 is 0 Å². The van der Waals surface area contributed by atoms with Gasteiger partial charge in [0.05, 0.1) is 17.8 Å². The van der Waals surface area contributed by atoms with Crippen molar-refractivity contribution in [1.82, 2.24) is 15.3 Å². The predicted molar refractivity (Wildman–Crippen MR) is 72.6 cm³/mol. The predicted octanol–water partition coefficient (Wildman–Crippen LogP) is 1.45. The van der Waals surface area contributed by atoms with E-state index in [1.54, 1.807) is 30.6 Å². The fraction of sp³-hybridized carbons (Fsp3) is 0.154. The maximum absolute atomic E-state index is 12.0. The zero-order valence-electron chi connectivity index (χ0n) is 10.8. The molecule has 0 unspecified atom stereocenters. The van der Waals surface area contributed by atoms with Crippen LogP contribution >= 0.6 is 0 Å². The van der Waals surface area contributed by atoms with E-state index in [0.717, 1.165) is 0 Å². The van der Waals surface area contributed by atoms with Gasteiger partial charge in [-0.3, -0.25) is 4.90 Å². The van der Waals surface area contributed by atoms with E-state index in [0.29, 0.717) is 11.5 Å². The number of nitrogens with one attached hydrogen (secondary N) is 2. The van der Waals surface area contributed by atoms with Crippen molar-refractivity contribution in [3.8, 4) is 0 Å². The summed E-state index contributed by atoms with van der Waals surface area (Å²) in [7, 11) is 1.51. The summed E-state index contributed by atoms with van der Waals surface area (Å²) >= 11 is 0. The minimum atomic E-state index is -1.08. The quantitative estimate of drug-likeness (QED) is 0.786. The van der Waals surface area contributed by atoms with Crippen molar-refractivity contribution in [1.29, 1.82) is 0 Å². The number of hydrogen-bond acceptors (Lipinski definition) is 3. The molecule has 7 heteroatoms. The van der Waals surface area contributed by atoms with Crippen LogP contribution in [-0.4, -0.2) is 34.1 Å². The lowest BCUT2D eigenvalue weighted by molar-refractivity contribution is 0.0697. The number of carbonyl (C=O) groups is 2. The molecule has 0 aliphatic carbocycles. The molecular weight excluding hydrogens is 260 g/mol. The molecule has 20 heavy (non-hydrogen) atoms. The van der Waals surface area contributed by atoms with E-state index in [1.165, 1.54) is 18.0 Å². The van der Waals surface area contributed by atoms with E-state index in [9.17, 15) is 9.59 Å². The second kappa shape index (κ2) is 5.87. The molecule has 7 nitrogen and oxygen atoms in total. The van der Waals surface area contributed by atoms with Gasteiger partial charge >= 0.3 is 12.0 Å². The molecule has 0 atom stereocenters. The Morgan fingerprint density at radius 1 is 1.40 bits per heavy atom. The minimum Gasteiger partial charge on any atom is -0.478 e. The van der Waals surface area contributed by atoms with Gasteiger partial charge in [-0.15, -0.1) is 0 Å². The summed E-state index contributed by atoms with van der Waals surface area (Å²) in [5.41, 5.74) is 0.403. The van der Waals surface area contributed by atoms with Gasteiger partial charge in [0.15, 0.2) is 0 Å². The van der Waals surface area contributed by atoms with Crippen molar-refractivity contribution in [2.45, 2.75) is 6.54 Å². The summed E-state index contributed by atoms with van der Waals surface area (Å²) in [6.07, 6.45) is 3.25. The Kier molecular flexibility index (Phi) is 3.99. The Balaban J connectivity index is 2.08. The molecule has 2 aromatic rings. The van der Waals surface area contributed by atoms with E-state index in [4.69, 9.17) is 5.11 Å². The van der Waals surface area contributed by atoms with Crippen molar-refractivity contribution >= 4 is 17.7 Å². The van der Waals surface area contributed by atoms with Gasteiger partial charge in [-0.05, 0) is 12.1 Å². The first-order valence-corrected chi connectivity index (χ1v) is 5.91. The summed E-state index contributed by atoms with van der Waals surface area (Å²) in [5, 5.41) is 11.8. The summed E-state index contributed by atoms with van der Waals surface area (Å²) in [4.78, 5) is 31.2. The number of anilines is 1. The first kappa shape index (κ1) is 13.6. The molecule has 0 bridgehead atoms. The topological polar surface area (TPSA) is 98.3 Å². The number of carboxylic acid groups (broad SMARTS) is 1. The Labute approximate surface area is 115 Å². The molecule has 2 amide bonds. The Hall–Kier alpha value is -2.83. The normalized spacial score (nSPS) is 10.1. The molecule has 0 spiro atoms. The van der Waals surface area contributed by atoms with E-state index in [1.807, 2.05) is 0 Å². The van der Waals surface area contributed by atoms with Gasteiger partial charge in [0.1, 0.15) is 5.82 Å². The van der Waals surface area contributed by atoms with Gasteiger partial charge in [0.25, 0.3) is 0 Å². The van der Waals surface area contributed by atoms with Crippen molar-refractivity contribution in [2.75, 3.05) is 11.9 Å². The third-order valence-electron chi connectivity index (χ3n) is 2.76. The standard InChI is InChI=1S/C13H14N4O3/c1-17(10-5-3-2-4-9(10)12(18)19)13(20)16-8-11-14-6-7-15-11/h2-7H,8H2,1H3,(H,14,15)(H,16,20)(H,18,19). The Bertz CT molecular complexity index is 610. The SMILES string of the molecule is CN(C(=O)NCc1ncc[nH]1)c1ccccc1C(=O)O. The van der Waals surface area contributed by atoms with Crippen LogP contribution in [-0.2, 0) is 6.54 Å². The lowest BCUT2D eigenvalue weighted by Crippen LogP contribution is -2.37. The summed E-state index contributed by atoms with van der Waals surface area (Å²) in [6.45, 7) is 0.241. The number of aromatic carboxylic acids is 1. The number of carboxylic acids is 1. The van der Waals surface area contributed by atoms with Gasteiger partial charge in [0.2, 0.25) is 0 Å². The van der Waals surface area contributed by atoms with Gasteiger partial charge in [-0.1, -0.05) is 12.1 Å². The number of carbonyl (C=O) groups excluding carboxylic acids is 1. The Morgan fingerprint density at radius 3 is 2.80 bits per heavy atom. The molecule has 0 aliphatic heterocycles. The van der Waals surface area contributed by atoms with Crippen molar-refractivity contribution in [2.24, 2.45) is 0 Å².